The zero-order chi connectivity index (χ0) is 23.6. The Bertz CT molecular complexity index is 1160. The van der Waals surface area contributed by atoms with E-state index in [9.17, 15) is 18.0 Å². The maximum absolute atomic E-state index is 12.5. The van der Waals surface area contributed by atoms with E-state index in [-0.39, 0.29) is 12.5 Å². The third-order valence-electron chi connectivity index (χ3n) is 6.11. The van der Waals surface area contributed by atoms with Crippen molar-refractivity contribution in [1.82, 2.24) is 9.80 Å². The summed E-state index contributed by atoms with van der Waals surface area (Å²) in [6.45, 7) is 5.74. The number of piperazine rings is 1. The fraction of sp³-hybridized carbons (Fsp3) is 0.417. The van der Waals surface area contributed by atoms with Crippen molar-refractivity contribution in [2.45, 2.75) is 19.9 Å². The number of hydrogen-bond acceptors (Lipinski definition) is 6. The summed E-state index contributed by atoms with van der Waals surface area (Å²) in [5, 5.41) is 0. The number of esters is 1. The quantitative estimate of drug-likeness (QED) is 0.598. The van der Waals surface area contributed by atoms with Gasteiger partial charge in [-0.3, -0.25) is 14.0 Å². The third-order valence-corrected chi connectivity index (χ3v) is 7.29. The van der Waals surface area contributed by atoms with Gasteiger partial charge >= 0.3 is 5.97 Å². The van der Waals surface area contributed by atoms with Crippen LogP contribution in [0.2, 0.25) is 0 Å². The van der Waals surface area contributed by atoms with Crippen LogP contribution < -0.4 is 4.31 Å². The Labute approximate surface area is 194 Å². The van der Waals surface area contributed by atoms with Crippen molar-refractivity contribution in [1.29, 1.82) is 0 Å². The number of carbonyl (C=O) groups excluding carboxylic acids is 2. The Morgan fingerprint density at radius 1 is 1.00 bits per heavy atom. The smallest absolute Gasteiger partial charge is 0.338 e. The molecule has 0 radical (unpaired) electrons. The highest BCUT2D eigenvalue weighted by Crippen LogP contribution is 2.30. The van der Waals surface area contributed by atoms with Crippen LogP contribution >= 0.6 is 0 Å². The van der Waals surface area contributed by atoms with Crippen molar-refractivity contribution in [2.75, 3.05) is 49.9 Å². The fourth-order valence-electron chi connectivity index (χ4n) is 4.37. The molecular formula is C24H29N3O5S. The first-order valence-electron chi connectivity index (χ1n) is 11.0. The minimum atomic E-state index is -3.34. The fourth-order valence-corrected chi connectivity index (χ4v) is 5.33. The van der Waals surface area contributed by atoms with E-state index in [1.165, 1.54) is 15.4 Å². The van der Waals surface area contributed by atoms with Crippen molar-refractivity contribution in [2.24, 2.45) is 0 Å². The normalized spacial score (nSPS) is 16.5. The van der Waals surface area contributed by atoms with Crippen molar-refractivity contribution in [3.05, 3.63) is 64.7 Å². The van der Waals surface area contributed by atoms with E-state index in [2.05, 4.69) is 36.1 Å². The number of fused-ring (bicyclic) bond motifs is 1. The van der Waals surface area contributed by atoms with Gasteiger partial charge in [0, 0.05) is 39.3 Å². The molecule has 1 amide bonds. The SMILES string of the molecule is Cc1cccc(CN2CCN(C(=O)COC(=O)c3ccc4c(c3)CCN4S(C)(=O)=O)CC2)c1. The molecule has 0 N–H and O–H groups in total. The number of ether oxygens (including phenoxy) is 1. The van der Waals surface area contributed by atoms with E-state index in [1.54, 1.807) is 23.1 Å². The molecule has 8 nitrogen and oxygen atoms in total. The zero-order valence-electron chi connectivity index (χ0n) is 19.0. The molecule has 33 heavy (non-hydrogen) atoms. The first-order chi connectivity index (χ1) is 15.7. The molecule has 176 valence electrons. The van der Waals surface area contributed by atoms with Crippen LogP contribution in [0.5, 0.6) is 0 Å². The lowest BCUT2D eigenvalue weighted by Crippen LogP contribution is -2.49. The van der Waals surface area contributed by atoms with Gasteiger partial charge in [0.2, 0.25) is 10.0 Å². The molecule has 1 saturated heterocycles. The van der Waals surface area contributed by atoms with Gasteiger partial charge in [0.25, 0.3) is 5.91 Å². The highest BCUT2D eigenvalue weighted by Gasteiger charge is 2.27. The molecule has 0 atom stereocenters. The van der Waals surface area contributed by atoms with E-state index in [4.69, 9.17) is 4.74 Å². The molecule has 2 aromatic carbocycles. The first-order valence-corrected chi connectivity index (χ1v) is 12.9. The van der Waals surface area contributed by atoms with Crippen LogP contribution in [0.25, 0.3) is 0 Å². The van der Waals surface area contributed by atoms with Gasteiger partial charge in [-0.25, -0.2) is 13.2 Å². The highest BCUT2D eigenvalue weighted by atomic mass is 32.2. The van der Waals surface area contributed by atoms with Crippen molar-refractivity contribution in [3.8, 4) is 0 Å². The average molecular weight is 472 g/mol. The first kappa shape index (κ1) is 23.3. The van der Waals surface area contributed by atoms with Crippen LogP contribution in [0.4, 0.5) is 5.69 Å². The Morgan fingerprint density at radius 3 is 2.45 bits per heavy atom. The molecule has 2 aromatic rings. The van der Waals surface area contributed by atoms with Gasteiger partial charge in [-0.2, -0.15) is 0 Å². The van der Waals surface area contributed by atoms with Gasteiger partial charge in [-0.15, -0.1) is 0 Å². The average Bonchev–Trinajstić information content (AvgIpc) is 3.22. The second-order valence-electron chi connectivity index (χ2n) is 8.65. The van der Waals surface area contributed by atoms with Gasteiger partial charge in [0.15, 0.2) is 6.61 Å². The summed E-state index contributed by atoms with van der Waals surface area (Å²) in [6.07, 6.45) is 1.70. The molecule has 0 bridgehead atoms. The summed E-state index contributed by atoms with van der Waals surface area (Å²) < 4.78 is 30.3. The molecule has 2 aliphatic rings. The summed E-state index contributed by atoms with van der Waals surface area (Å²) in [7, 11) is -3.34. The molecule has 2 aliphatic heterocycles. The lowest BCUT2D eigenvalue weighted by Gasteiger charge is -2.34. The number of benzene rings is 2. The molecule has 0 unspecified atom stereocenters. The standard InChI is InChI=1S/C24H29N3O5S/c1-18-4-3-5-19(14-18)16-25-10-12-26(13-11-25)23(28)17-32-24(29)21-6-7-22-20(15-21)8-9-27(22)33(2,30)31/h3-7,14-15H,8-13,16-17H2,1-2H3. The number of anilines is 1. The molecule has 1 fully saturated rings. The molecular weight excluding hydrogens is 442 g/mol. The van der Waals surface area contributed by atoms with Crippen molar-refractivity contribution < 1.29 is 22.7 Å². The summed E-state index contributed by atoms with van der Waals surface area (Å²) in [5.41, 5.74) is 4.19. The summed E-state index contributed by atoms with van der Waals surface area (Å²) in [4.78, 5) is 29.0. The number of sulfonamides is 1. The molecule has 0 aliphatic carbocycles. The molecule has 0 saturated carbocycles. The molecule has 0 spiro atoms. The predicted molar refractivity (Wildman–Crippen MR) is 126 cm³/mol. The molecule has 0 aromatic heterocycles. The number of rotatable bonds is 6. The second-order valence-corrected chi connectivity index (χ2v) is 10.6. The van der Waals surface area contributed by atoms with Crippen LogP contribution in [-0.4, -0.2) is 75.7 Å². The van der Waals surface area contributed by atoms with E-state index in [0.717, 1.165) is 31.5 Å². The minimum Gasteiger partial charge on any atom is -0.452 e. The van der Waals surface area contributed by atoms with Gasteiger partial charge < -0.3 is 9.64 Å². The van der Waals surface area contributed by atoms with Crippen LogP contribution in [0.3, 0.4) is 0 Å². The van der Waals surface area contributed by atoms with E-state index < -0.39 is 16.0 Å². The number of aryl methyl sites for hydroxylation is 1. The highest BCUT2D eigenvalue weighted by molar-refractivity contribution is 7.92. The second kappa shape index (κ2) is 9.52. The maximum atomic E-state index is 12.5. The Morgan fingerprint density at radius 2 is 1.76 bits per heavy atom. The molecule has 2 heterocycles. The van der Waals surface area contributed by atoms with Crippen LogP contribution in [0, 0.1) is 6.92 Å². The number of nitrogens with zero attached hydrogens (tertiary/aromatic N) is 3. The van der Waals surface area contributed by atoms with Gasteiger partial charge in [-0.1, -0.05) is 29.8 Å². The Balaban J connectivity index is 1.26. The lowest BCUT2D eigenvalue weighted by molar-refractivity contribution is -0.136. The van der Waals surface area contributed by atoms with E-state index in [1.807, 2.05) is 0 Å². The third kappa shape index (κ3) is 5.54. The predicted octanol–water partition coefficient (Wildman–Crippen LogP) is 1.82. The van der Waals surface area contributed by atoms with Crippen molar-refractivity contribution >= 4 is 27.6 Å². The Hall–Kier alpha value is -2.91. The van der Waals surface area contributed by atoms with E-state index >= 15 is 0 Å². The lowest BCUT2D eigenvalue weighted by atomic mass is 10.1. The monoisotopic (exact) mass is 471 g/mol. The number of carbonyl (C=O) groups is 2. The number of amides is 1. The van der Waals surface area contributed by atoms with Gasteiger partial charge in [0.05, 0.1) is 17.5 Å². The maximum Gasteiger partial charge on any atom is 0.338 e. The molecule has 9 heteroatoms. The molecule has 4 rings (SSSR count). The minimum absolute atomic E-state index is 0.206. The largest absolute Gasteiger partial charge is 0.452 e. The number of hydrogen-bond donors (Lipinski definition) is 0. The van der Waals surface area contributed by atoms with Crippen molar-refractivity contribution in [3.63, 3.8) is 0 Å². The van der Waals surface area contributed by atoms with Gasteiger partial charge in [0.1, 0.15) is 0 Å². The van der Waals surface area contributed by atoms with Crippen LogP contribution in [-0.2, 0) is 32.5 Å². The topological polar surface area (TPSA) is 87.2 Å². The summed E-state index contributed by atoms with van der Waals surface area (Å²) >= 11 is 0. The Kier molecular flexibility index (Phi) is 6.71. The van der Waals surface area contributed by atoms with Gasteiger partial charge in [-0.05, 0) is 42.7 Å². The van der Waals surface area contributed by atoms with Crippen LogP contribution in [0.1, 0.15) is 27.0 Å². The summed E-state index contributed by atoms with van der Waals surface area (Å²) in [6, 6.07) is 13.2. The van der Waals surface area contributed by atoms with Crippen LogP contribution in [0.15, 0.2) is 42.5 Å². The summed E-state index contributed by atoms with van der Waals surface area (Å²) in [5.74, 6) is -0.787. The zero-order valence-corrected chi connectivity index (χ0v) is 19.8. The van der Waals surface area contributed by atoms with E-state index in [0.29, 0.717) is 37.3 Å².